The molecule has 0 bridgehead atoms. The van der Waals surface area contributed by atoms with Gasteiger partial charge in [0.05, 0.1) is 11.8 Å². The summed E-state index contributed by atoms with van der Waals surface area (Å²) in [6, 6.07) is 12.3. The molecule has 2 aliphatic rings. The summed E-state index contributed by atoms with van der Waals surface area (Å²) < 4.78 is 17.2. The fourth-order valence-corrected chi connectivity index (χ4v) is 3.43. The van der Waals surface area contributed by atoms with Crippen molar-refractivity contribution in [2.75, 3.05) is 26.4 Å². The van der Waals surface area contributed by atoms with E-state index < -0.39 is 0 Å². The minimum Gasteiger partial charge on any atom is -0.486 e. The topological polar surface area (TPSA) is 43.8 Å². The number of fused-ring (bicyclic) bond motifs is 1. The van der Waals surface area contributed by atoms with Gasteiger partial charge in [0.1, 0.15) is 13.2 Å². The van der Waals surface area contributed by atoms with Gasteiger partial charge in [-0.3, -0.25) is 9.88 Å². The maximum absolute atomic E-state index is 5.84. The Labute approximate surface area is 148 Å². The molecule has 0 radical (unpaired) electrons. The third-order valence-electron chi connectivity index (χ3n) is 4.61. The van der Waals surface area contributed by atoms with Crippen LogP contribution in [-0.4, -0.2) is 42.4 Å². The van der Waals surface area contributed by atoms with Crippen LogP contribution < -0.4 is 9.47 Å². The first-order valence-electron chi connectivity index (χ1n) is 8.99. The van der Waals surface area contributed by atoms with Crippen LogP contribution in [0.4, 0.5) is 0 Å². The van der Waals surface area contributed by atoms with E-state index in [1.165, 1.54) is 5.56 Å². The molecule has 1 fully saturated rings. The van der Waals surface area contributed by atoms with Crippen molar-refractivity contribution in [2.45, 2.75) is 32.0 Å². The van der Waals surface area contributed by atoms with Crippen molar-refractivity contribution in [3.63, 3.8) is 0 Å². The highest BCUT2D eigenvalue weighted by Crippen LogP contribution is 2.31. The molecule has 132 valence electrons. The zero-order valence-electron chi connectivity index (χ0n) is 14.4. The van der Waals surface area contributed by atoms with E-state index in [1.54, 1.807) is 0 Å². The number of hydrogen-bond acceptors (Lipinski definition) is 5. The van der Waals surface area contributed by atoms with Crippen LogP contribution in [0.3, 0.4) is 0 Å². The molecule has 5 nitrogen and oxygen atoms in total. The number of aromatic nitrogens is 1. The van der Waals surface area contributed by atoms with E-state index in [4.69, 9.17) is 14.2 Å². The van der Waals surface area contributed by atoms with Gasteiger partial charge < -0.3 is 14.2 Å². The third kappa shape index (κ3) is 4.30. The normalized spacial score (nSPS) is 19.3. The summed E-state index contributed by atoms with van der Waals surface area (Å²) in [6.07, 6.45) is 4.47. The zero-order chi connectivity index (χ0) is 16.9. The minimum absolute atomic E-state index is 0.320. The van der Waals surface area contributed by atoms with Crippen molar-refractivity contribution >= 4 is 0 Å². The molecule has 0 saturated carbocycles. The van der Waals surface area contributed by atoms with E-state index in [0.717, 1.165) is 56.3 Å². The highest BCUT2D eigenvalue weighted by molar-refractivity contribution is 5.43. The number of ether oxygens (including phenoxy) is 3. The van der Waals surface area contributed by atoms with Gasteiger partial charge in [-0.1, -0.05) is 12.1 Å². The maximum atomic E-state index is 5.84. The molecule has 3 heterocycles. The first-order chi connectivity index (χ1) is 12.4. The Morgan fingerprint density at radius 1 is 1.00 bits per heavy atom. The van der Waals surface area contributed by atoms with E-state index in [9.17, 15) is 0 Å². The summed E-state index contributed by atoms with van der Waals surface area (Å²) in [5.74, 6) is 1.68. The molecule has 5 heteroatoms. The number of rotatable bonds is 6. The fourth-order valence-electron chi connectivity index (χ4n) is 3.43. The van der Waals surface area contributed by atoms with Crippen LogP contribution >= 0.6 is 0 Å². The second-order valence-corrected chi connectivity index (χ2v) is 6.60. The van der Waals surface area contributed by atoms with Gasteiger partial charge in [0.25, 0.3) is 0 Å². The Morgan fingerprint density at radius 3 is 2.72 bits per heavy atom. The molecular formula is C20H24N2O3. The lowest BCUT2D eigenvalue weighted by molar-refractivity contribution is 0.0674. The van der Waals surface area contributed by atoms with Crippen LogP contribution in [0.5, 0.6) is 11.5 Å². The minimum atomic E-state index is 0.320. The van der Waals surface area contributed by atoms with Gasteiger partial charge in [-0.05, 0) is 42.7 Å². The largest absolute Gasteiger partial charge is 0.486 e. The predicted octanol–water partition coefficient (Wildman–Crippen LogP) is 3.03. The Morgan fingerprint density at radius 2 is 1.92 bits per heavy atom. The standard InChI is InChI=1S/C20H24N2O3/c1-2-8-21-17(4-1)14-22(15-18-5-3-9-23-18)13-16-6-7-19-20(12-16)25-11-10-24-19/h1-2,4,6-8,12,18H,3,5,9-11,13-15H2/t18-/m0/s1. The number of nitrogens with zero attached hydrogens (tertiary/aromatic N) is 2. The van der Waals surface area contributed by atoms with Crippen LogP contribution in [0.15, 0.2) is 42.6 Å². The predicted molar refractivity (Wildman–Crippen MR) is 94.8 cm³/mol. The summed E-state index contributed by atoms with van der Waals surface area (Å²) in [5.41, 5.74) is 2.30. The van der Waals surface area contributed by atoms with Crippen molar-refractivity contribution in [2.24, 2.45) is 0 Å². The van der Waals surface area contributed by atoms with Gasteiger partial charge in [0.15, 0.2) is 11.5 Å². The van der Waals surface area contributed by atoms with Crippen molar-refractivity contribution in [3.05, 3.63) is 53.9 Å². The van der Waals surface area contributed by atoms with Gasteiger partial charge in [-0.2, -0.15) is 0 Å². The number of pyridine rings is 1. The number of benzene rings is 1. The van der Waals surface area contributed by atoms with Gasteiger partial charge in [-0.15, -0.1) is 0 Å². The summed E-state index contributed by atoms with van der Waals surface area (Å²) >= 11 is 0. The molecule has 4 rings (SSSR count). The van der Waals surface area contributed by atoms with Gasteiger partial charge in [0, 0.05) is 32.4 Å². The van der Waals surface area contributed by atoms with Crippen molar-refractivity contribution < 1.29 is 14.2 Å². The lowest BCUT2D eigenvalue weighted by Gasteiger charge is -2.26. The van der Waals surface area contributed by atoms with E-state index in [0.29, 0.717) is 19.3 Å². The summed E-state index contributed by atoms with van der Waals surface area (Å²) in [6.45, 7) is 4.69. The second-order valence-electron chi connectivity index (χ2n) is 6.60. The molecule has 1 atom stereocenters. The fraction of sp³-hybridized carbons (Fsp3) is 0.450. The van der Waals surface area contributed by atoms with E-state index >= 15 is 0 Å². The number of hydrogen-bond donors (Lipinski definition) is 0. The van der Waals surface area contributed by atoms with Crippen molar-refractivity contribution in [1.29, 1.82) is 0 Å². The average Bonchev–Trinajstić information content (AvgIpc) is 3.15. The maximum Gasteiger partial charge on any atom is 0.161 e. The van der Waals surface area contributed by atoms with Crippen molar-refractivity contribution in [3.8, 4) is 11.5 Å². The van der Waals surface area contributed by atoms with Crippen LogP contribution in [-0.2, 0) is 17.8 Å². The van der Waals surface area contributed by atoms with E-state index in [-0.39, 0.29) is 0 Å². The molecule has 0 unspecified atom stereocenters. The first kappa shape index (κ1) is 16.4. The SMILES string of the molecule is c1ccc(CN(Cc2ccc3c(c2)OCCO3)C[C@@H]2CCCO2)nc1. The summed E-state index contributed by atoms with van der Waals surface area (Å²) in [5, 5.41) is 0. The Hall–Kier alpha value is -2.11. The molecule has 2 aliphatic heterocycles. The first-order valence-corrected chi connectivity index (χ1v) is 8.99. The van der Waals surface area contributed by atoms with Crippen LogP contribution in [0.25, 0.3) is 0 Å². The molecular weight excluding hydrogens is 316 g/mol. The lowest BCUT2D eigenvalue weighted by Crippen LogP contribution is -2.31. The Kier molecular flexibility index (Phi) is 5.14. The van der Waals surface area contributed by atoms with Crippen LogP contribution in [0.2, 0.25) is 0 Å². The van der Waals surface area contributed by atoms with Gasteiger partial charge in [-0.25, -0.2) is 0 Å². The van der Waals surface area contributed by atoms with Crippen molar-refractivity contribution in [1.82, 2.24) is 9.88 Å². The highest BCUT2D eigenvalue weighted by Gasteiger charge is 2.20. The molecule has 1 saturated heterocycles. The quantitative estimate of drug-likeness (QED) is 0.809. The molecule has 25 heavy (non-hydrogen) atoms. The van der Waals surface area contributed by atoms with Crippen LogP contribution in [0, 0.1) is 0 Å². The monoisotopic (exact) mass is 340 g/mol. The molecule has 0 spiro atoms. The van der Waals surface area contributed by atoms with Gasteiger partial charge in [0.2, 0.25) is 0 Å². The van der Waals surface area contributed by atoms with E-state index in [1.807, 2.05) is 24.4 Å². The van der Waals surface area contributed by atoms with Gasteiger partial charge >= 0.3 is 0 Å². The Balaban J connectivity index is 1.48. The van der Waals surface area contributed by atoms with Crippen LogP contribution in [0.1, 0.15) is 24.1 Å². The third-order valence-corrected chi connectivity index (χ3v) is 4.61. The Bertz CT molecular complexity index is 687. The molecule has 1 aromatic carbocycles. The smallest absolute Gasteiger partial charge is 0.161 e. The molecule has 2 aromatic rings. The average molecular weight is 340 g/mol. The summed E-state index contributed by atoms with van der Waals surface area (Å²) in [4.78, 5) is 6.88. The molecule has 1 aromatic heterocycles. The second kappa shape index (κ2) is 7.85. The van der Waals surface area contributed by atoms with E-state index in [2.05, 4.69) is 28.1 Å². The lowest BCUT2D eigenvalue weighted by atomic mass is 10.1. The molecule has 0 amide bonds. The molecule has 0 aliphatic carbocycles. The zero-order valence-corrected chi connectivity index (χ0v) is 14.4. The highest BCUT2D eigenvalue weighted by atomic mass is 16.6. The molecule has 0 N–H and O–H groups in total. The summed E-state index contributed by atoms with van der Waals surface area (Å²) in [7, 11) is 0.